The highest BCUT2D eigenvalue weighted by atomic mass is 19.4. The third-order valence-electron chi connectivity index (χ3n) is 4.40. The van der Waals surface area contributed by atoms with Crippen LogP contribution in [0.1, 0.15) is 44.1 Å². The Morgan fingerprint density at radius 2 is 2.08 bits per heavy atom. The number of alkyl halides is 3. The molecule has 2 rings (SSSR count). The van der Waals surface area contributed by atoms with E-state index in [0.29, 0.717) is 25.0 Å². The van der Waals surface area contributed by atoms with Gasteiger partial charge in [0.15, 0.2) is 0 Å². The lowest BCUT2D eigenvalue weighted by Crippen LogP contribution is -2.43. The first-order chi connectivity index (χ1) is 11.4. The number of carbonyl (C=O) groups is 1. The molecule has 1 aromatic rings. The second kappa shape index (κ2) is 8.35. The number of ether oxygens (including phenoxy) is 1. The van der Waals surface area contributed by atoms with Crippen molar-refractivity contribution < 1.29 is 22.7 Å². The van der Waals surface area contributed by atoms with Crippen molar-refractivity contribution in [1.82, 2.24) is 10.3 Å². The summed E-state index contributed by atoms with van der Waals surface area (Å²) < 4.78 is 43.1. The summed E-state index contributed by atoms with van der Waals surface area (Å²) >= 11 is 0. The minimum absolute atomic E-state index is 0.211. The fourth-order valence-electron chi connectivity index (χ4n) is 3.19. The van der Waals surface area contributed by atoms with E-state index in [4.69, 9.17) is 4.74 Å². The second-order valence-electron chi connectivity index (χ2n) is 6.27. The molecule has 0 aromatic carbocycles. The molecule has 0 spiro atoms. The Morgan fingerprint density at radius 1 is 1.33 bits per heavy atom. The quantitative estimate of drug-likeness (QED) is 0.857. The maximum Gasteiger partial charge on any atom is 0.389 e. The molecule has 4 nitrogen and oxygen atoms in total. The van der Waals surface area contributed by atoms with Gasteiger partial charge in [-0.1, -0.05) is 12.8 Å². The number of pyridine rings is 1. The SMILES string of the molecule is COc1cncc(CCC(=O)N[C@H]2CCCC[C@H]2CC(F)(F)F)c1. The Bertz CT molecular complexity index is 549. The first-order valence-corrected chi connectivity index (χ1v) is 8.21. The van der Waals surface area contributed by atoms with Crippen LogP contribution in [-0.2, 0) is 11.2 Å². The van der Waals surface area contributed by atoms with Crippen LogP contribution < -0.4 is 10.1 Å². The highest BCUT2D eigenvalue weighted by Gasteiger charge is 2.37. The van der Waals surface area contributed by atoms with Gasteiger partial charge in [-0.3, -0.25) is 9.78 Å². The van der Waals surface area contributed by atoms with Crippen LogP contribution in [0.2, 0.25) is 0 Å². The number of hydrogen-bond acceptors (Lipinski definition) is 3. The van der Waals surface area contributed by atoms with E-state index < -0.39 is 18.5 Å². The molecule has 134 valence electrons. The molecule has 24 heavy (non-hydrogen) atoms. The van der Waals surface area contributed by atoms with Crippen LogP contribution in [0.5, 0.6) is 5.75 Å². The van der Waals surface area contributed by atoms with Crippen LogP contribution in [-0.4, -0.2) is 30.2 Å². The number of rotatable bonds is 6. The lowest BCUT2D eigenvalue weighted by molar-refractivity contribution is -0.150. The van der Waals surface area contributed by atoms with Gasteiger partial charge in [-0.05, 0) is 36.8 Å². The summed E-state index contributed by atoms with van der Waals surface area (Å²) in [6.07, 6.45) is 1.72. The first-order valence-electron chi connectivity index (χ1n) is 8.21. The predicted molar refractivity (Wildman–Crippen MR) is 83.7 cm³/mol. The number of amides is 1. The van der Waals surface area contributed by atoms with E-state index in [1.807, 2.05) is 0 Å². The molecule has 1 heterocycles. The zero-order valence-electron chi connectivity index (χ0n) is 13.7. The molecule has 1 amide bonds. The summed E-state index contributed by atoms with van der Waals surface area (Å²) in [6, 6.07) is 1.42. The fraction of sp³-hybridized carbons (Fsp3) is 0.647. The summed E-state index contributed by atoms with van der Waals surface area (Å²) in [5.74, 6) is -0.108. The average molecular weight is 344 g/mol. The van der Waals surface area contributed by atoms with Gasteiger partial charge in [0.25, 0.3) is 0 Å². The predicted octanol–water partition coefficient (Wildman–Crippen LogP) is 3.65. The zero-order chi connectivity index (χ0) is 17.6. The molecule has 1 N–H and O–H groups in total. The normalized spacial score (nSPS) is 21.3. The Labute approximate surface area is 139 Å². The molecule has 0 unspecified atom stereocenters. The molecule has 0 saturated heterocycles. The number of halogens is 3. The first kappa shape index (κ1) is 18.5. The maximum atomic E-state index is 12.7. The number of aryl methyl sites for hydroxylation is 1. The summed E-state index contributed by atoms with van der Waals surface area (Å²) in [5, 5.41) is 2.80. The van der Waals surface area contributed by atoms with Gasteiger partial charge in [0.05, 0.1) is 13.3 Å². The van der Waals surface area contributed by atoms with Crippen molar-refractivity contribution in [3.8, 4) is 5.75 Å². The van der Waals surface area contributed by atoms with Crippen LogP contribution in [0.4, 0.5) is 13.2 Å². The molecule has 1 aliphatic rings. The van der Waals surface area contributed by atoms with Gasteiger partial charge in [-0.15, -0.1) is 0 Å². The third kappa shape index (κ3) is 6.02. The molecule has 1 aliphatic carbocycles. The molecular formula is C17H23F3N2O2. The van der Waals surface area contributed by atoms with E-state index in [9.17, 15) is 18.0 Å². The monoisotopic (exact) mass is 344 g/mol. The minimum atomic E-state index is -4.18. The number of methoxy groups -OCH3 is 1. The van der Waals surface area contributed by atoms with E-state index in [2.05, 4.69) is 10.3 Å². The lowest BCUT2D eigenvalue weighted by atomic mass is 9.82. The van der Waals surface area contributed by atoms with Gasteiger partial charge in [0, 0.05) is 25.1 Å². The van der Waals surface area contributed by atoms with Crippen LogP contribution in [0, 0.1) is 5.92 Å². The largest absolute Gasteiger partial charge is 0.495 e. The van der Waals surface area contributed by atoms with Crippen molar-refractivity contribution in [2.24, 2.45) is 5.92 Å². The van der Waals surface area contributed by atoms with Crippen molar-refractivity contribution in [3.63, 3.8) is 0 Å². The van der Waals surface area contributed by atoms with Gasteiger partial charge in [-0.2, -0.15) is 13.2 Å². The van der Waals surface area contributed by atoms with E-state index in [1.54, 1.807) is 18.5 Å². The average Bonchev–Trinajstić information content (AvgIpc) is 2.54. The van der Waals surface area contributed by atoms with Crippen LogP contribution in [0.3, 0.4) is 0 Å². The van der Waals surface area contributed by atoms with Gasteiger partial charge < -0.3 is 10.1 Å². The van der Waals surface area contributed by atoms with E-state index >= 15 is 0 Å². The number of carbonyl (C=O) groups excluding carboxylic acids is 1. The van der Waals surface area contributed by atoms with Crippen LogP contribution in [0.15, 0.2) is 18.5 Å². The highest BCUT2D eigenvalue weighted by molar-refractivity contribution is 5.76. The number of aromatic nitrogens is 1. The third-order valence-corrected chi connectivity index (χ3v) is 4.40. The molecule has 0 aliphatic heterocycles. The molecule has 1 fully saturated rings. The second-order valence-corrected chi connectivity index (χ2v) is 6.27. The Morgan fingerprint density at radius 3 is 2.79 bits per heavy atom. The molecule has 2 atom stereocenters. The molecule has 7 heteroatoms. The summed E-state index contributed by atoms with van der Waals surface area (Å²) in [4.78, 5) is 16.1. The molecule has 1 saturated carbocycles. The van der Waals surface area contributed by atoms with Gasteiger partial charge in [-0.25, -0.2) is 0 Å². The van der Waals surface area contributed by atoms with Gasteiger partial charge in [0.1, 0.15) is 5.75 Å². The molecule has 0 bridgehead atoms. The molecule has 1 aromatic heterocycles. The van der Waals surface area contributed by atoms with Crippen molar-refractivity contribution in [2.75, 3.05) is 7.11 Å². The van der Waals surface area contributed by atoms with E-state index in [1.165, 1.54) is 7.11 Å². The Hall–Kier alpha value is -1.79. The Kier molecular flexibility index (Phi) is 6.45. The van der Waals surface area contributed by atoms with Gasteiger partial charge >= 0.3 is 6.18 Å². The van der Waals surface area contributed by atoms with Crippen molar-refractivity contribution in [3.05, 3.63) is 24.0 Å². The van der Waals surface area contributed by atoms with Crippen molar-refractivity contribution >= 4 is 5.91 Å². The standard InChI is InChI=1S/C17H23F3N2O2/c1-24-14-8-12(10-21-11-14)6-7-16(23)22-15-5-3-2-4-13(15)9-17(18,19)20/h8,10-11,13,15H,2-7,9H2,1H3,(H,22,23)/t13-,15-/m0/s1. The molecular weight excluding hydrogens is 321 g/mol. The van der Waals surface area contributed by atoms with Crippen LogP contribution in [0.25, 0.3) is 0 Å². The Balaban J connectivity index is 1.85. The van der Waals surface area contributed by atoms with Crippen molar-refractivity contribution in [2.45, 2.75) is 57.2 Å². The number of hydrogen-bond donors (Lipinski definition) is 1. The zero-order valence-corrected chi connectivity index (χ0v) is 13.7. The lowest BCUT2D eigenvalue weighted by Gasteiger charge is -2.32. The van der Waals surface area contributed by atoms with Crippen LogP contribution >= 0.6 is 0 Å². The number of nitrogens with zero attached hydrogens (tertiary/aromatic N) is 1. The maximum absolute atomic E-state index is 12.7. The highest BCUT2D eigenvalue weighted by Crippen LogP contribution is 2.34. The van der Waals surface area contributed by atoms with Crippen molar-refractivity contribution in [1.29, 1.82) is 0 Å². The van der Waals surface area contributed by atoms with E-state index in [-0.39, 0.29) is 18.4 Å². The fourth-order valence-corrected chi connectivity index (χ4v) is 3.19. The summed E-state index contributed by atoms with van der Waals surface area (Å²) in [7, 11) is 1.54. The minimum Gasteiger partial charge on any atom is -0.495 e. The topological polar surface area (TPSA) is 51.2 Å². The summed E-state index contributed by atoms with van der Waals surface area (Å²) in [5.41, 5.74) is 0.861. The smallest absolute Gasteiger partial charge is 0.389 e. The van der Waals surface area contributed by atoms with E-state index in [0.717, 1.165) is 18.4 Å². The van der Waals surface area contributed by atoms with Gasteiger partial charge in [0.2, 0.25) is 5.91 Å². The number of nitrogens with one attached hydrogen (secondary N) is 1. The summed E-state index contributed by atoms with van der Waals surface area (Å²) in [6.45, 7) is 0. The molecule has 0 radical (unpaired) electrons.